The molecule has 0 bridgehead atoms. The van der Waals surface area contributed by atoms with Gasteiger partial charge in [0.1, 0.15) is 5.82 Å². The van der Waals surface area contributed by atoms with Crippen molar-refractivity contribution < 1.29 is 0 Å². The van der Waals surface area contributed by atoms with Crippen LogP contribution in [0.4, 0.5) is 0 Å². The van der Waals surface area contributed by atoms with Crippen molar-refractivity contribution in [2.24, 2.45) is 7.05 Å². The van der Waals surface area contributed by atoms with E-state index < -0.39 is 0 Å². The number of piperidine rings is 1. The highest BCUT2D eigenvalue weighted by molar-refractivity contribution is 7.09. The second kappa shape index (κ2) is 6.98. The molecule has 0 radical (unpaired) electrons. The molecule has 0 aliphatic carbocycles. The largest absolute Gasteiger partial charge is 0.350 e. The first-order valence-electron chi connectivity index (χ1n) is 8.68. The number of benzene rings is 1. The van der Waals surface area contributed by atoms with Crippen molar-refractivity contribution in [2.75, 3.05) is 13.1 Å². The van der Waals surface area contributed by atoms with Crippen LogP contribution in [0.2, 0.25) is 0 Å². The van der Waals surface area contributed by atoms with Gasteiger partial charge in [-0.15, -0.1) is 11.3 Å². The van der Waals surface area contributed by atoms with E-state index in [1.807, 2.05) is 41.7 Å². The van der Waals surface area contributed by atoms with E-state index in [9.17, 15) is 4.79 Å². The first-order valence-corrected chi connectivity index (χ1v) is 9.56. The van der Waals surface area contributed by atoms with Crippen molar-refractivity contribution in [2.45, 2.75) is 25.3 Å². The van der Waals surface area contributed by atoms with Crippen LogP contribution < -0.4 is 5.69 Å². The fourth-order valence-electron chi connectivity index (χ4n) is 3.54. The lowest BCUT2D eigenvalue weighted by molar-refractivity contribution is 0.202. The van der Waals surface area contributed by atoms with Crippen LogP contribution in [-0.2, 0) is 13.6 Å². The molecule has 6 heteroatoms. The predicted molar refractivity (Wildman–Crippen MR) is 100 cm³/mol. The maximum atomic E-state index is 12.6. The fraction of sp³-hybridized carbons (Fsp3) is 0.368. The highest BCUT2D eigenvalue weighted by Gasteiger charge is 2.26. The molecule has 0 atom stereocenters. The Bertz CT molecular complexity index is 874. The van der Waals surface area contributed by atoms with Crippen molar-refractivity contribution in [3.63, 3.8) is 0 Å². The van der Waals surface area contributed by atoms with Gasteiger partial charge in [-0.2, -0.15) is 5.10 Å². The summed E-state index contributed by atoms with van der Waals surface area (Å²) in [6.45, 7) is 3.11. The van der Waals surface area contributed by atoms with Crippen LogP contribution in [-0.4, -0.2) is 32.3 Å². The van der Waals surface area contributed by atoms with Crippen molar-refractivity contribution in [1.29, 1.82) is 0 Å². The number of para-hydroxylation sites is 1. The molecule has 0 unspecified atom stereocenters. The lowest BCUT2D eigenvalue weighted by atomic mass is 9.95. The number of aromatic nitrogens is 3. The van der Waals surface area contributed by atoms with Gasteiger partial charge in [0.15, 0.2) is 0 Å². The number of thiophene rings is 1. The van der Waals surface area contributed by atoms with Crippen molar-refractivity contribution in [3.05, 3.63) is 69.0 Å². The number of hydrogen-bond acceptors (Lipinski definition) is 4. The molecule has 3 heterocycles. The average molecular weight is 354 g/mol. The van der Waals surface area contributed by atoms with Gasteiger partial charge in [-0.1, -0.05) is 24.3 Å². The molecular weight excluding hydrogens is 332 g/mol. The van der Waals surface area contributed by atoms with Crippen LogP contribution in [0.15, 0.2) is 52.6 Å². The second-order valence-corrected chi connectivity index (χ2v) is 7.60. The molecule has 25 heavy (non-hydrogen) atoms. The molecule has 1 fully saturated rings. The van der Waals surface area contributed by atoms with Crippen LogP contribution >= 0.6 is 11.3 Å². The monoisotopic (exact) mass is 354 g/mol. The van der Waals surface area contributed by atoms with E-state index in [-0.39, 0.29) is 5.69 Å². The lowest BCUT2D eigenvalue weighted by Crippen LogP contribution is -2.33. The Hall–Kier alpha value is -2.18. The maximum absolute atomic E-state index is 12.6. The highest BCUT2D eigenvalue weighted by Crippen LogP contribution is 2.28. The SMILES string of the molecule is Cn1nc(C2CCN(Cc3cccs3)CC2)n(-c2ccccc2)c1=O. The Morgan fingerprint density at radius 2 is 1.88 bits per heavy atom. The van der Waals surface area contributed by atoms with Crippen molar-refractivity contribution >= 4 is 11.3 Å². The van der Waals surface area contributed by atoms with Crippen LogP contribution in [0, 0.1) is 0 Å². The first-order chi connectivity index (χ1) is 12.2. The Morgan fingerprint density at radius 3 is 2.56 bits per heavy atom. The molecule has 1 saturated heterocycles. The van der Waals surface area contributed by atoms with Gasteiger partial charge in [0.2, 0.25) is 0 Å². The van der Waals surface area contributed by atoms with E-state index in [0.29, 0.717) is 5.92 Å². The third-order valence-electron chi connectivity index (χ3n) is 4.88. The molecule has 2 aromatic heterocycles. The minimum absolute atomic E-state index is 0.0674. The van der Waals surface area contributed by atoms with Gasteiger partial charge in [-0.25, -0.2) is 14.0 Å². The zero-order valence-electron chi connectivity index (χ0n) is 14.3. The summed E-state index contributed by atoms with van der Waals surface area (Å²) in [4.78, 5) is 16.5. The summed E-state index contributed by atoms with van der Waals surface area (Å²) in [5, 5.41) is 6.70. The third-order valence-corrected chi connectivity index (χ3v) is 5.74. The van der Waals surface area contributed by atoms with Gasteiger partial charge in [-0.05, 0) is 49.5 Å². The molecule has 0 spiro atoms. The van der Waals surface area contributed by atoms with E-state index in [0.717, 1.165) is 44.0 Å². The Morgan fingerprint density at radius 1 is 1.12 bits per heavy atom. The molecule has 130 valence electrons. The molecule has 3 aromatic rings. The van der Waals surface area contributed by atoms with Crippen LogP contribution in [0.3, 0.4) is 0 Å². The molecule has 5 nitrogen and oxygen atoms in total. The summed E-state index contributed by atoms with van der Waals surface area (Å²) in [6.07, 6.45) is 2.07. The summed E-state index contributed by atoms with van der Waals surface area (Å²) < 4.78 is 3.24. The smallest absolute Gasteiger partial charge is 0.298 e. The van der Waals surface area contributed by atoms with Gasteiger partial charge in [0, 0.05) is 24.4 Å². The molecule has 1 aliphatic rings. The van der Waals surface area contributed by atoms with Gasteiger partial charge in [-0.3, -0.25) is 4.90 Å². The topological polar surface area (TPSA) is 43.1 Å². The Kier molecular flexibility index (Phi) is 4.55. The summed E-state index contributed by atoms with van der Waals surface area (Å²) in [7, 11) is 1.73. The summed E-state index contributed by atoms with van der Waals surface area (Å²) in [6, 6.07) is 14.1. The van der Waals surface area contributed by atoms with Gasteiger partial charge < -0.3 is 0 Å². The van der Waals surface area contributed by atoms with Gasteiger partial charge >= 0.3 is 5.69 Å². The van der Waals surface area contributed by atoms with Crippen molar-refractivity contribution in [3.8, 4) is 5.69 Å². The minimum Gasteiger partial charge on any atom is -0.298 e. The molecule has 1 aromatic carbocycles. The number of likely N-dealkylation sites (tertiary alicyclic amines) is 1. The molecule has 0 saturated carbocycles. The molecule has 4 rings (SSSR count). The molecule has 1 aliphatic heterocycles. The van der Waals surface area contributed by atoms with Crippen LogP contribution in [0.1, 0.15) is 29.5 Å². The molecular formula is C19H22N4OS. The fourth-order valence-corrected chi connectivity index (χ4v) is 4.29. The Balaban J connectivity index is 1.54. The number of rotatable bonds is 4. The minimum atomic E-state index is -0.0674. The number of hydrogen-bond donors (Lipinski definition) is 0. The molecule has 0 amide bonds. The lowest BCUT2D eigenvalue weighted by Gasteiger charge is -2.31. The second-order valence-electron chi connectivity index (χ2n) is 6.57. The summed E-state index contributed by atoms with van der Waals surface area (Å²) >= 11 is 1.82. The third kappa shape index (κ3) is 3.32. The quantitative estimate of drug-likeness (QED) is 0.723. The molecule has 0 N–H and O–H groups in total. The van der Waals surface area contributed by atoms with Crippen LogP contribution in [0.25, 0.3) is 5.69 Å². The zero-order valence-corrected chi connectivity index (χ0v) is 15.2. The van der Waals surface area contributed by atoms with E-state index >= 15 is 0 Å². The number of aryl methyl sites for hydroxylation is 1. The highest BCUT2D eigenvalue weighted by atomic mass is 32.1. The first kappa shape index (κ1) is 16.3. The average Bonchev–Trinajstić information content (AvgIpc) is 3.25. The van der Waals surface area contributed by atoms with Gasteiger partial charge in [0.25, 0.3) is 0 Å². The van der Waals surface area contributed by atoms with E-state index in [1.54, 1.807) is 11.6 Å². The normalized spacial score (nSPS) is 16.4. The van der Waals surface area contributed by atoms with Gasteiger partial charge in [0.05, 0.1) is 5.69 Å². The predicted octanol–water partition coefficient (Wildman–Crippen LogP) is 3.01. The summed E-state index contributed by atoms with van der Waals surface area (Å²) in [5.41, 5.74) is 0.832. The summed E-state index contributed by atoms with van der Waals surface area (Å²) in [5.74, 6) is 1.23. The van der Waals surface area contributed by atoms with Crippen molar-refractivity contribution in [1.82, 2.24) is 19.2 Å². The van der Waals surface area contributed by atoms with E-state index in [1.165, 1.54) is 9.56 Å². The van der Waals surface area contributed by atoms with Crippen LogP contribution in [0.5, 0.6) is 0 Å². The standard InChI is InChI=1S/C19H22N4OS/c1-21-19(24)23(16-6-3-2-4-7-16)18(20-21)15-9-11-22(12-10-15)14-17-8-5-13-25-17/h2-8,13,15H,9-12,14H2,1H3. The maximum Gasteiger partial charge on any atom is 0.350 e. The number of nitrogens with zero attached hydrogens (tertiary/aromatic N) is 4. The van der Waals surface area contributed by atoms with E-state index in [4.69, 9.17) is 0 Å². The van der Waals surface area contributed by atoms with E-state index in [2.05, 4.69) is 27.5 Å². The zero-order chi connectivity index (χ0) is 17.2. The Labute approximate surface area is 151 Å².